The van der Waals surface area contributed by atoms with Crippen molar-refractivity contribution in [3.8, 4) is 0 Å². The molecule has 0 aliphatic heterocycles. The Kier molecular flexibility index (Phi) is 6.54. The van der Waals surface area contributed by atoms with Gasteiger partial charge in [0.05, 0.1) is 5.92 Å². The molecule has 104 valence electrons. The van der Waals surface area contributed by atoms with Gasteiger partial charge in [-0.25, -0.2) is 4.79 Å². The molecule has 5 heteroatoms. The Hall–Kier alpha value is -0.710. The number of carbonyl (C=O) groups excluding carboxylic acids is 2. The Bertz CT molecular complexity index is 285. The van der Waals surface area contributed by atoms with E-state index in [1.807, 2.05) is 13.8 Å². The van der Waals surface area contributed by atoms with E-state index in [2.05, 4.69) is 0 Å². The molecular weight excluding hydrogens is 252 g/mol. The zero-order chi connectivity index (χ0) is 13.5. The predicted octanol–water partition coefficient (Wildman–Crippen LogP) is 3.59. The molecule has 0 bridgehead atoms. The summed E-state index contributed by atoms with van der Waals surface area (Å²) in [5.41, 5.74) is 0. The number of esters is 1. The molecule has 1 aliphatic rings. The van der Waals surface area contributed by atoms with Crippen molar-refractivity contribution in [3.05, 3.63) is 0 Å². The first-order valence-electron chi connectivity index (χ1n) is 6.49. The second kappa shape index (κ2) is 7.67. The highest BCUT2D eigenvalue weighted by Gasteiger charge is 2.28. The lowest BCUT2D eigenvalue weighted by molar-refractivity contribution is -0.179. The minimum atomic E-state index is -0.764. The molecule has 4 nitrogen and oxygen atoms in total. The average Bonchev–Trinajstić information content (AvgIpc) is 2.38. The molecule has 1 unspecified atom stereocenters. The second-order valence-corrected chi connectivity index (χ2v) is 5.70. The number of hydrogen-bond donors (Lipinski definition) is 0. The zero-order valence-corrected chi connectivity index (χ0v) is 12.1. The number of thioether (sulfide) groups is 1. The summed E-state index contributed by atoms with van der Waals surface area (Å²) >= 11 is 0.981. The number of rotatable bonds is 4. The summed E-state index contributed by atoms with van der Waals surface area (Å²) in [6.45, 7) is 3.73. The van der Waals surface area contributed by atoms with Gasteiger partial charge >= 0.3 is 11.3 Å². The van der Waals surface area contributed by atoms with E-state index in [0.29, 0.717) is 0 Å². The monoisotopic (exact) mass is 274 g/mol. The summed E-state index contributed by atoms with van der Waals surface area (Å²) in [7, 11) is 0. The van der Waals surface area contributed by atoms with Crippen LogP contribution in [0.15, 0.2) is 0 Å². The van der Waals surface area contributed by atoms with Crippen LogP contribution >= 0.6 is 11.8 Å². The predicted molar refractivity (Wildman–Crippen MR) is 71.3 cm³/mol. The highest BCUT2D eigenvalue weighted by atomic mass is 32.2. The first-order valence-corrected chi connectivity index (χ1v) is 7.72. The van der Waals surface area contributed by atoms with Crippen LogP contribution in [0.4, 0.5) is 4.79 Å². The van der Waals surface area contributed by atoms with Crippen LogP contribution in [-0.2, 0) is 14.3 Å². The molecule has 0 amide bonds. The van der Waals surface area contributed by atoms with E-state index < -0.39 is 11.6 Å². The zero-order valence-electron chi connectivity index (χ0n) is 11.3. The molecule has 1 fully saturated rings. The summed E-state index contributed by atoms with van der Waals surface area (Å²) in [6, 6.07) is 0. The van der Waals surface area contributed by atoms with Crippen LogP contribution in [0.5, 0.6) is 0 Å². The van der Waals surface area contributed by atoms with Crippen LogP contribution in [0.25, 0.3) is 0 Å². The van der Waals surface area contributed by atoms with E-state index in [0.717, 1.165) is 37.4 Å². The molecule has 0 N–H and O–H groups in total. The molecule has 0 aromatic heterocycles. The summed E-state index contributed by atoms with van der Waals surface area (Å²) in [5, 5.41) is -0.412. The van der Waals surface area contributed by atoms with Crippen molar-refractivity contribution < 1.29 is 19.1 Å². The molecule has 1 atom stereocenters. The summed E-state index contributed by atoms with van der Waals surface area (Å²) < 4.78 is 10.4. The largest absolute Gasteiger partial charge is 0.425 e. The van der Waals surface area contributed by atoms with Gasteiger partial charge in [-0.3, -0.25) is 4.79 Å². The Labute approximate surface area is 113 Å². The van der Waals surface area contributed by atoms with Gasteiger partial charge in [0.1, 0.15) is 0 Å². The standard InChI is InChI=1S/C13H22O4S/c1-9(2)12(17-13(15)18-3)16-11(14)10-7-5-4-6-8-10/h9-10,12H,4-8H2,1-3H3. The van der Waals surface area contributed by atoms with Crippen molar-refractivity contribution in [1.29, 1.82) is 0 Å². The Balaban J connectivity index is 2.48. The minimum Gasteiger partial charge on any atom is -0.425 e. The lowest BCUT2D eigenvalue weighted by Crippen LogP contribution is -2.31. The van der Waals surface area contributed by atoms with Gasteiger partial charge in [0, 0.05) is 5.92 Å². The van der Waals surface area contributed by atoms with Gasteiger partial charge in [0.25, 0.3) is 6.29 Å². The van der Waals surface area contributed by atoms with E-state index in [9.17, 15) is 9.59 Å². The second-order valence-electron chi connectivity index (χ2n) is 4.96. The van der Waals surface area contributed by atoms with E-state index in [1.165, 1.54) is 6.42 Å². The molecule has 1 aliphatic carbocycles. The van der Waals surface area contributed by atoms with Crippen molar-refractivity contribution in [2.45, 2.75) is 52.2 Å². The molecule has 0 aromatic carbocycles. The van der Waals surface area contributed by atoms with E-state index in [4.69, 9.17) is 9.47 Å². The lowest BCUT2D eigenvalue weighted by Gasteiger charge is -2.25. The fourth-order valence-corrected chi connectivity index (χ4v) is 2.18. The summed E-state index contributed by atoms with van der Waals surface area (Å²) in [5.74, 6) is -0.274. The molecule has 0 heterocycles. The normalized spacial score (nSPS) is 18.4. The van der Waals surface area contributed by atoms with Gasteiger partial charge in [0.15, 0.2) is 0 Å². The average molecular weight is 274 g/mol. The van der Waals surface area contributed by atoms with E-state index in [-0.39, 0.29) is 17.8 Å². The lowest BCUT2D eigenvalue weighted by atomic mass is 9.89. The molecule has 18 heavy (non-hydrogen) atoms. The molecule has 0 spiro atoms. The molecule has 1 saturated carbocycles. The fraction of sp³-hybridized carbons (Fsp3) is 0.846. The highest BCUT2D eigenvalue weighted by Crippen LogP contribution is 2.26. The summed E-state index contributed by atoms with van der Waals surface area (Å²) in [6.07, 6.45) is 6.01. The Morgan fingerprint density at radius 2 is 1.72 bits per heavy atom. The van der Waals surface area contributed by atoms with Crippen LogP contribution in [0.3, 0.4) is 0 Å². The smallest absolute Gasteiger partial charge is 0.370 e. The van der Waals surface area contributed by atoms with Crippen LogP contribution < -0.4 is 0 Å². The van der Waals surface area contributed by atoms with Gasteiger partial charge in [-0.1, -0.05) is 33.1 Å². The van der Waals surface area contributed by atoms with Crippen LogP contribution in [0.1, 0.15) is 46.0 Å². The van der Waals surface area contributed by atoms with Gasteiger partial charge in [-0.05, 0) is 30.9 Å². The van der Waals surface area contributed by atoms with Crippen LogP contribution in [0.2, 0.25) is 0 Å². The SMILES string of the molecule is CSC(=O)OC(OC(=O)C1CCCCC1)C(C)C. The van der Waals surface area contributed by atoms with Crippen molar-refractivity contribution in [3.63, 3.8) is 0 Å². The van der Waals surface area contributed by atoms with Gasteiger partial charge < -0.3 is 9.47 Å². The van der Waals surface area contributed by atoms with E-state index in [1.54, 1.807) is 6.26 Å². The van der Waals surface area contributed by atoms with Crippen molar-refractivity contribution in [2.24, 2.45) is 11.8 Å². The van der Waals surface area contributed by atoms with Crippen LogP contribution in [-0.4, -0.2) is 23.8 Å². The number of hydrogen-bond acceptors (Lipinski definition) is 5. The highest BCUT2D eigenvalue weighted by molar-refractivity contribution is 8.12. The maximum Gasteiger partial charge on any atom is 0.370 e. The number of carbonyl (C=O) groups is 2. The number of ether oxygens (including phenoxy) is 2. The van der Waals surface area contributed by atoms with Gasteiger partial charge in [-0.2, -0.15) is 0 Å². The first-order chi connectivity index (χ1) is 8.54. The third-order valence-electron chi connectivity index (χ3n) is 3.09. The Morgan fingerprint density at radius 1 is 1.11 bits per heavy atom. The van der Waals surface area contributed by atoms with Crippen molar-refractivity contribution in [2.75, 3.05) is 6.26 Å². The molecular formula is C13H22O4S. The van der Waals surface area contributed by atoms with Crippen molar-refractivity contribution in [1.82, 2.24) is 0 Å². The third kappa shape index (κ3) is 4.88. The topological polar surface area (TPSA) is 52.6 Å². The first kappa shape index (κ1) is 15.3. The van der Waals surface area contributed by atoms with Gasteiger partial charge in [-0.15, -0.1) is 0 Å². The van der Waals surface area contributed by atoms with Crippen molar-refractivity contribution >= 4 is 23.0 Å². The third-order valence-corrected chi connectivity index (χ3v) is 3.52. The fourth-order valence-electron chi connectivity index (χ4n) is 1.99. The molecule has 0 saturated heterocycles. The van der Waals surface area contributed by atoms with Gasteiger partial charge in [0.2, 0.25) is 0 Å². The molecule has 0 aromatic rings. The molecule has 0 radical (unpaired) electrons. The van der Waals surface area contributed by atoms with E-state index >= 15 is 0 Å². The quantitative estimate of drug-likeness (QED) is 0.579. The molecule has 1 rings (SSSR count). The Morgan fingerprint density at radius 3 is 2.22 bits per heavy atom. The minimum absolute atomic E-state index is 0.0204. The summed E-state index contributed by atoms with van der Waals surface area (Å²) in [4.78, 5) is 23.2. The maximum atomic E-state index is 12.0. The maximum absolute atomic E-state index is 12.0. The van der Waals surface area contributed by atoms with Crippen LogP contribution in [0, 0.1) is 11.8 Å².